The maximum absolute atomic E-state index is 12.2. The lowest BCUT2D eigenvalue weighted by Crippen LogP contribution is -2.58. The molecular formula is C19H25NO2. The molecule has 4 unspecified atom stereocenters. The fraction of sp³-hybridized carbons (Fsp3) is 0.526. The second-order valence-corrected chi connectivity index (χ2v) is 6.52. The Balaban J connectivity index is 1.80. The molecule has 0 aromatic heterocycles. The number of rotatable bonds is 4. The number of nitrogens with zero attached hydrogens (tertiary/aromatic N) is 1. The lowest BCUT2D eigenvalue weighted by molar-refractivity contribution is -0.153. The van der Waals surface area contributed by atoms with Gasteiger partial charge in [0.05, 0.1) is 12.5 Å². The summed E-state index contributed by atoms with van der Waals surface area (Å²) in [5.41, 5.74) is 2.80. The summed E-state index contributed by atoms with van der Waals surface area (Å²) in [6.45, 7) is 4.55. The van der Waals surface area contributed by atoms with Gasteiger partial charge in [-0.05, 0) is 45.2 Å². The zero-order chi connectivity index (χ0) is 15.7. The summed E-state index contributed by atoms with van der Waals surface area (Å²) in [5, 5.41) is 0. The molecule has 2 aliphatic heterocycles. The van der Waals surface area contributed by atoms with Crippen LogP contribution < -0.4 is 0 Å². The molecule has 4 atom stereocenters. The molecule has 3 heteroatoms. The fourth-order valence-corrected chi connectivity index (χ4v) is 4.10. The summed E-state index contributed by atoms with van der Waals surface area (Å²) in [6, 6.07) is 11.3. The van der Waals surface area contributed by atoms with E-state index in [9.17, 15) is 4.79 Å². The van der Waals surface area contributed by atoms with Gasteiger partial charge >= 0.3 is 5.97 Å². The highest BCUT2D eigenvalue weighted by molar-refractivity contribution is 5.74. The average Bonchev–Trinajstić information content (AvgIpc) is 2.52. The highest BCUT2D eigenvalue weighted by Crippen LogP contribution is 2.43. The molecule has 3 nitrogen and oxygen atoms in total. The second-order valence-electron chi connectivity index (χ2n) is 6.52. The lowest BCUT2D eigenvalue weighted by Gasteiger charge is -2.51. The van der Waals surface area contributed by atoms with E-state index in [1.807, 2.05) is 6.92 Å². The van der Waals surface area contributed by atoms with Crippen LogP contribution in [0.1, 0.15) is 25.8 Å². The van der Waals surface area contributed by atoms with E-state index in [0.29, 0.717) is 18.6 Å². The standard InChI is InChI=1S/C19H25NO2/c1-4-22-19(21)16-12-15-13(2)10-17(16)20(3)18(15)11-14-8-6-5-7-9-14/h5-10,15-18H,4,11-12H2,1-3H3. The molecule has 0 N–H and O–H groups in total. The van der Waals surface area contributed by atoms with Crippen LogP contribution in [0.4, 0.5) is 0 Å². The third kappa shape index (κ3) is 2.70. The smallest absolute Gasteiger partial charge is 0.310 e. The number of hydrogen-bond acceptors (Lipinski definition) is 3. The summed E-state index contributed by atoms with van der Waals surface area (Å²) in [6.07, 6.45) is 4.24. The highest BCUT2D eigenvalue weighted by atomic mass is 16.5. The van der Waals surface area contributed by atoms with Gasteiger partial charge in [-0.2, -0.15) is 0 Å². The van der Waals surface area contributed by atoms with Gasteiger partial charge in [-0.15, -0.1) is 0 Å². The number of fused-ring (bicyclic) bond motifs is 2. The summed E-state index contributed by atoms with van der Waals surface area (Å²) in [4.78, 5) is 14.6. The van der Waals surface area contributed by atoms with Gasteiger partial charge in [0.25, 0.3) is 0 Å². The minimum absolute atomic E-state index is 0.00864. The van der Waals surface area contributed by atoms with Crippen LogP contribution in [0.15, 0.2) is 42.0 Å². The Morgan fingerprint density at radius 3 is 2.73 bits per heavy atom. The predicted molar refractivity (Wildman–Crippen MR) is 87.5 cm³/mol. The fourth-order valence-electron chi connectivity index (χ4n) is 4.10. The molecule has 0 radical (unpaired) electrons. The van der Waals surface area contributed by atoms with E-state index in [1.165, 1.54) is 11.1 Å². The van der Waals surface area contributed by atoms with Crippen molar-refractivity contribution < 1.29 is 9.53 Å². The quantitative estimate of drug-likeness (QED) is 0.632. The Hall–Kier alpha value is -1.61. The van der Waals surface area contributed by atoms with Crippen LogP contribution in [0.25, 0.3) is 0 Å². The topological polar surface area (TPSA) is 29.5 Å². The van der Waals surface area contributed by atoms with Gasteiger partial charge in [-0.1, -0.05) is 42.0 Å². The molecule has 4 rings (SSSR count). The van der Waals surface area contributed by atoms with Crippen LogP contribution in [-0.4, -0.2) is 36.6 Å². The van der Waals surface area contributed by atoms with Gasteiger partial charge < -0.3 is 4.74 Å². The first-order valence-corrected chi connectivity index (χ1v) is 8.22. The van der Waals surface area contributed by atoms with Crippen molar-refractivity contribution >= 4 is 5.97 Å². The summed E-state index contributed by atoms with van der Waals surface area (Å²) >= 11 is 0. The van der Waals surface area contributed by atoms with E-state index < -0.39 is 0 Å². The Morgan fingerprint density at radius 2 is 2.05 bits per heavy atom. The van der Waals surface area contributed by atoms with Gasteiger partial charge in [0.15, 0.2) is 0 Å². The molecular weight excluding hydrogens is 274 g/mol. The third-order valence-electron chi connectivity index (χ3n) is 5.27. The number of esters is 1. The van der Waals surface area contributed by atoms with Crippen molar-refractivity contribution in [3.8, 4) is 0 Å². The maximum atomic E-state index is 12.2. The van der Waals surface area contributed by atoms with Crippen LogP contribution in [0.2, 0.25) is 0 Å². The number of piperidine rings is 1. The van der Waals surface area contributed by atoms with Gasteiger partial charge in [-0.3, -0.25) is 9.69 Å². The number of benzene rings is 1. The first-order valence-electron chi connectivity index (χ1n) is 8.22. The lowest BCUT2D eigenvalue weighted by atomic mass is 9.68. The molecule has 22 heavy (non-hydrogen) atoms. The SMILES string of the molecule is CCOC(=O)C1CC2C(C)=CC1N(C)C2Cc1ccccc1. The van der Waals surface area contributed by atoms with Crippen molar-refractivity contribution in [1.29, 1.82) is 0 Å². The zero-order valence-electron chi connectivity index (χ0n) is 13.7. The van der Waals surface area contributed by atoms with Crippen molar-refractivity contribution in [3.05, 3.63) is 47.5 Å². The van der Waals surface area contributed by atoms with Crippen molar-refractivity contribution in [1.82, 2.24) is 4.90 Å². The Kier molecular flexibility index (Phi) is 4.34. The molecule has 0 amide bonds. The summed E-state index contributed by atoms with van der Waals surface area (Å²) in [5.74, 6) is 0.404. The molecule has 0 saturated carbocycles. The molecule has 1 aromatic rings. The van der Waals surface area contributed by atoms with Crippen LogP contribution >= 0.6 is 0 Å². The van der Waals surface area contributed by atoms with Gasteiger partial charge in [0.1, 0.15) is 0 Å². The highest BCUT2D eigenvalue weighted by Gasteiger charge is 2.47. The van der Waals surface area contributed by atoms with Crippen LogP contribution in [0.5, 0.6) is 0 Å². The summed E-state index contributed by atoms with van der Waals surface area (Å²) in [7, 11) is 2.15. The second kappa shape index (κ2) is 6.25. The van der Waals surface area contributed by atoms with Gasteiger partial charge in [0, 0.05) is 12.1 Å². The minimum atomic E-state index is -0.0359. The largest absolute Gasteiger partial charge is 0.466 e. The molecule has 1 aliphatic carbocycles. The average molecular weight is 299 g/mol. The van der Waals surface area contributed by atoms with E-state index in [0.717, 1.165) is 12.8 Å². The van der Waals surface area contributed by atoms with Crippen LogP contribution in [-0.2, 0) is 16.0 Å². The molecule has 0 spiro atoms. The first kappa shape index (κ1) is 15.3. The van der Waals surface area contributed by atoms with Crippen molar-refractivity contribution in [2.75, 3.05) is 13.7 Å². The number of carbonyl (C=O) groups excluding carboxylic acids is 1. The maximum Gasteiger partial charge on any atom is 0.310 e. The molecule has 3 aliphatic rings. The predicted octanol–water partition coefficient (Wildman–Crippen LogP) is 3.06. The number of ether oxygens (including phenoxy) is 1. The van der Waals surface area contributed by atoms with Crippen molar-refractivity contribution in [2.45, 2.75) is 38.8 Å². The van der Waals surface area contributed by atoms with Crippen LogP contribution in [0, 0.1) is 11.8 Å². The Bertz CT molecular complexity index is 566. The number of hydrogen-bond donors (Lipinski definition) is 0. The Morgan fingerprint density at radius 1 is 1.32 bits per heavy atom. The Labute approximate surface area is 133 Å². The third-order valence-corrected chi connectivity index (χ3v) is 5.27. The van der Waals surface area contributed by atoms with E-state index in [4.69, 9.17) is 4.74 Å². The molecule has 1 aromatic carbocycles. The monoisotopic (exact) mass is 299 g/mol. The zero-order valence-corrected chi connectivity index (χ0v) is 13.7. The van der Waals surface area contributed by atoms with Crippen molar-refractivity contribution in [2.24, 2.45) is 11.8 Å². The van der Waals surface area contributed by atoms with E-state index in [-0.39, 0.29) is 17.9 Å². The van der Waals surface area contributed by atoms with Crippen LogP contribution in [0.3, 0.4) is 0 Å². The normalized spacial score (nSPS) is 31.0. The van der Waals surface area contributed by atoms with E-state index >= 15 is 0 Å². The minimum Gasteiger partial charge on any atom is -0.466 e. The molecule has 1 saturated heterocycles. The van der Waals surface area contributed by atoms with Gasteiger partial charge in [0.2, 0.25) is 0 Å². The van der Waals surface area contributed by atoms with Gasteiger partial charge in [-0.25, -0.2) is 0 Å². The summed E-state index contributed by atoms with van der Waals surface area (Å²) < 4.78 is 5.28. The molecule has 2 bridgehead atoms. The molecule has 1 fully saturated rings. The number of carbonyl (C=O) groups is 1. The first-order chi connectivity index (χ1) is 10.6. The van der Waals surface area contributed by atoms with E-state index in [1.54, 1.807) is 0 Å². The van der Waals surface area contributed by atoms with Crippen molar-refractivity contribution in [3.63, 3.8) is 0 Å². The number of likely N-dealkylation sites (N-methyl/N-ethyl adjacent to an activating group) is 1. The molecule has 118 valence electrons. The molecule has 2 heterocycles. The van der Waals surface area contributed by atoms with E-state index in [2.05, 4.69) is 55.3 Å².